The number of Topliss-reactive ketones (excluding diaryl/α,β-unsaturated/α-hetero) is 1. The molecule has 0 heterocycles. The highest BCUT2D eigenvalue weighted by molar-refractivity contribution is 7.98. The molecule has 27 heavy (non-hydrogen) atoms. The Morgan fingerprint density at radius 1 is 0.963 bits per heavy atom. The third-order valence-electron chi connectivity index (χ3n) is 3.86. The average Bonchev–Trinajstić information content (AvgIpc) is 2.61. The molecule has 0 aliphatic rings. The van der Waals surface area contributed by atoms with Crippen molar-refractivity contribution in [3.63, 3.8) is 0 Å². The summed E-state index contributed by atoms with van der Waals surface area (Å²) in [7, 11) is 1.78. The lowest BCUT2D eigenvalue weighted by Crippen LogP contribution is -3.11. The number of para-hydroxylation sites is 1. The Balaban J connectivity index is 1.86. The molecule has 0 saturated carbocycles. The van der Waals surface area contributed by atoms with Crippen LogP contribution in [0, 0.1) is 0 Å². The number of ketones is 1. The highest BCUT2D eigenvalue weighted by Gasteiger charge is 2.15. The number of nitrogens with one attached hydrogen (secondary N) is 3. The molecular formula is C20H24N3O3S+. The van der Waals surface area contributed by atoms with Crippen molar-refractivity contribution >= 4 is 40.7 Å². The maximum Gasteiger partial charge on any atom is 0.279 e. The third-order valence-corrected chi connectivity index (χ3v) is 4.65. The van der Waals surface area contributed by atoms with Crippen LogP contribution in [0.25, 0.3) is 0 Å². The number of carbonyl (C=O) groups is 3. The minimum Gasteiger partial charge on any atom is -0.322 e. The Kier molecular flexibility index (Phi) is 7.57. The fourth-order valence-electron chi connectivity index (χ4n) is 2.57. The summed E-state index contributed by atoms with van der Waals surface area (Å²) in [6.07, 6.45) is 1.95. The van der Waals surface area contributed by atoms with E-state index in [9.17, 15) is 14.4 Å². The summed E-state index contributed by atoms with van der Waals surface area (Å²) in [5.41, 5.74) is 1.88. The Bertz CT molecular complexity index is 839. The summed E-state index contributed by atoms with van der Waals surface area (Å²) in [5, 5.41) is 5.65. The van der Waals surface area contributed by atoms with Crippen molar-refractivity contribution in [2.75, 3.05) is 37.0 Å². The minimum absolute atomic E-state index is 0.0592. The molecule has 0 spiro atoms. The molecule has 1 unspecified atom stereocenters. The highest BCUT2D eigenvalue weighted by Crippen LogP contribution is 2.24. The van der Waals surface area contributed by atoms with E-state index in [-0.39, 0.29) is 30.7 Å². The first-order valence-corrected chi connectivity index (χ1v) is 9.76. The minimum atomic E-state index is -0.217. The molecule has 0 aliphatic carbocycles. The molecule has 0 aromatic heterocycles. The van der Waals surface area contributed by atoms with Crippen LogP contribution in [0.5, 0.6) is 0 Å². The zero-order chi connectivity index (χ0) is 19.8. The van der Waals surface area contributed by atoms with E-state index in [4.69, 9.17) is 0 Å². The van der Waals surface area contributed by atoms with Gasteiger partial charge in [-0.05, 0) is 37.4 Å². The van der Waals surface area contributed by atoms with Gasteiger partial charge in [0.2, 0.25) is 0 Å². The van der Waals surface area contributed by atoms with Crippen molar-refractivity contribution in [1.29, 1.82) is 0 Å². The van der Waals surface area contributed by atoms with Crippen molar-refractivity contribution in [2.45, 2.75) is 11.8 Å². The lowest BCUT2D eigenvalue weighted by molar-refractivity contribution is -0.862. The maximum atomic E-state index is 12.2. The highest BCUT2D eigenvalue weighted by atomic mass is 32.2. The van der Waals surface area contributed by atoms with Crippen LogP contribution in [0.4, 0.5) is 11.4 Å². The van der Waals surface area contributed by atoms with Gasteiger partial charge in [0, 0.05) is 16.1 Å². The van der Waals surface area contributed by atoms with E-state index in [0.717, 1.165) is 15.5 Å². The third kappa shape index (κ3) is 6.54. The van der Waals surface area contributed by atoms with Crippen LogP contribution in [-0.4, -0.2) is 44.0 Å². The number of amides is 2. The molecule has 2 aromatic rings. The quantitative estimate of drug-likeness (QED) is 0.477. The smallest absolute Gasteiger partial charge is 0.279 e. The van der Waals surface area contributed by atoms with Crippen LogP contribution < -0.4 is 15.5 Å². The first kappa shape index (κ1) is 20.7. The van der Waals surface area contributed by atoms with Crippen molar-refractivity contribution < 1.29 is 19.3 Å². The number of rotatable bonds is 8. The summed E-state index contributed by atoms with van der Waals surface area (Å²) < 4.78 is 0. The predicted octanol–water partition coefficient (Wildman–Crippen LogP) is 1.70. The van der Waals surface area contributed by atoms with Gasteiger partial charge in [0.1, 0.15) is 0 Å². The van der Waals surface area contributed by atoms with E-state index in [1.54, 1.807) is 43.1 Å². The van der Waals surface area contributed by atoms with Gasteiger partial charge in [-0.1, -0.05) is 24.3 Å². The van der Waals surface area contributed by atoms with E-state index >= 15 is 0 Å². The SMILES string of the molecule is CSc1ccccc1NC(=O)C[NH+](C)CC(=O)Nc1cccc(C(C)=O)c1. The van der Waals surface area contributed by atoms with Crippen molar-refractivity contribution in [3.8, 4) is 0 Å². The van der Waals surface area contributed by atoms with Gasteiger partial charge in [-0.3, -0.25) is 14.4 Å². The summed E-state index contributed by atoms with van der Waals surface area (Å²) in [4.78, 5) is 37.6. The van der Waals surface area contributed by atoms with E-state index in [0.29, 0.717) is 11.3 Å². The fourth-order valence-corrected chi connectivity index (χ4v) is 3.13. The van der Waals surface area contributed by atoms with Gasteiger partial charge in [0.25, 0.3) is 11.8 Å². The number of thioether (sulfide) groups is 1. The maximum absolute atomic E-state index is 12.2. The van der Waals surface area contributed by atoms with Gasteiger partial charge in [0.15, 0.2) is 18.9 Å². The molecule has 0 saturated heterocycles. The van der Waals surface area contributed by atoms with Crippen LogP contribution in [0.3, 0.4) is 0 Å². The largest absolute Gasteiger partial charge is 0.322 e. The molecule has 0 aliphatic heterocycles. The Morgan fingerprint density at radius 2 is 1.63 bits per heavy atom. The fraction of sp³-hybridized carbons (Fsp3) is 0.250. The second-order valence-electron chi connectivity index (χ2n) is 6.24. The number of benzene rings is 2. The summed E-state index contributed by atoms with van der Waals surface area (Å²) in [6.45, 7) is 1.79. The normalized spacial score (nSPS) is 11.5. The second kappa shape index (κ2) is 9.89. The van der Waals surface area contributed by atoms with Crippen molar-refractivity contribution in [1.82, 2.24) is 0 Å². The van der Waals surface area contributed by atoms with Crippen molar-refractivity contribution in [3.05, 3.63) is 54.1 Å². The monoisotopic (exact) mass is 386 g/mol. The molecule has 0 bridgehead atoms. The van der Waals surface area contributed by atoms with E-state index < -0.39 is 0 Å². The zero-order valence-electron chi connectivity index (χ0n) is 15.7. The number of likely N-dealkylation sites (N-methyl/N-ethyl adjacent to an activating group) is 1. The molecule has 2 rings (SSSR count). The lowest BCUT2D eigenvalue weighted by atomic mass is 10.1. The van der Waals surface area contributed by atoms with Crippen molar-refractivity contribution in [2.24, 2.45) is 0 Å². The van der Waals surface area contributed by atoms with Crippen LogP contribution in [-0.2, 0) is 9.59 Å². The zero-order valence-corrected chi connectivity index (χ0v) is 16.5. The molecule has 0 radical (unpaired) electrons. The van der Waals surface area contributed by atoms with E-state index in [2.05, 4.69) is 10.6 Å². The molecule has 3 N–H and O–H groups in total. The Hall–Kier alpha value is -2.64. The molecule has 2 amide bonds. The predicted molar refractivity (Wildman–Crippen MR) is 109 cm³/mol. The first-order chi connectivity index (χ1) is 12.9. The number of hydrogen-bond donors (Lipinski definition) is 3. The summed E-state index contributed by atoms with van der Waals surface area (Å²) >= 11 is 1.56. The summed E-state index contributed by atoms with van der Waals surface area (Å²) in [5.74, 6) is -0.429. The second-order valence-corrected chi connectivity index (χ2v) is 7.09. The van der Waals surface area contributed by atoms with Crippen LogP contribution >= 0.6 is 11.8 Å². The standard InChI is InChI=1S/C20H23N3O3S/c1-14(24)15-7-6-8-16(11-15)21-19(25)12-23(2)13-20(26)22-17-9-4-5-10-18(17)27-3/h4-11H,12-13H2,1-3H3,(H,21,25)(H,22,26)/p+1. The number of hydrogen-bond acceptors (Lipinski definition) is 4. The van der Waals surface area contributed by atoms with Gasteiger partial charge in [-0.15, -0.1) is 11.8 Å². The molecule has 1 atom stereocenters. The Morgan fingerprint density at radius 3 is 2.30 bits per heavy atom. The molecular weight excluding hydrogens is 362 g/mol. The molecule has 142 valence electrons. The van der Waals surface area contributed by atoms with Gasteiger partial charge >= 0.3 is 0 Å². The first-order valence-electron chi connectivity index (χ1n) is 8.54. The van der Waals surface area contributed by atoms with Crippen LogP contribution in [0.1, 0.15) is 17.3 Å². The number of anilines is 2. The van der Waals surface area contributed by atoms with Crippen LogP contribution in [0.2, 0.25) is 0 Å². The van der Waals surface area contributed by atoms with E-state index in [1.165, 1.54) is 6.92 Å². The van der Waals surface area contributed by atoms with E-state index in [1.807, 2.05) is 30.5 Å². The summed E-state index contributed by atoms with van der Waals surface area (Å²) in [6, 6.07) is 14.4. The molecule has 2 aromatic carbocycles. The number of quaternary nitrogens is 1. The van der Waals surface area contributed by atoms with Gasteiger partial charge in [0.05, 0.1) is 12.7 Å². The molecule has 7 heteroatoms. The topological polar surface area (TPSA) is 79.7 Å². The van der Waals surface area contributed by atoms with Gasteiger partial charge in [-0.2, -0.15) is 0 Å². The lowest BCUT2D eigenvalue weighted by Gasteiger charge is -2.15. The Labute approximate surface area is 163 Å². The van der Waals surface area contributed by atoms with Gasteiger partial charge in [-0.25, -0.2) is 0 Å². The van der Waals surface area contributed by atoms with Gasteiger partial charge < -0.3 is 15.5 Å². The average molecular weight is 386 g/mol. The molecule has 6 nitrogen and oxygen atoms in total. The molecule has 0 fully saturated rings. The number of carbonyl (C=O) groups excluding carboxylic acids is 3. The van der Waals surface area contributed by atoms with Crippen LogP contribution in [0.15, 0.2) is 53.4 Å².